The molecule has 0 saturated carbocycles. The zero-order valence-electron chi connectivity index (χ0n) is 30.5. The van der Waals surface area contributed by atoms with Crippen LogP contribution in [0, 0.1) is 35.5 Å². The summed E-state index contributed by atoms with van der Waals surface area (Å²) in [6.45, 7) is 21.9. The molecule has 6 heteroatoms. The van der Waals surface area contributed by atoms with Gasteiger partial charge in [-0.05, 0) is 73.0 Å². The van der Waals surface area contributed by atoms with Crippen LogP contribution in [0.4, 0.5) is 0 Å². The van der Waals surface area contributed by atoms with Gasteiger partial charge in [0.05, 0.1) is 0 Å². The Hall–Kier alpha value is -2.37. The van der Waals surface area contributed by atoms with E-state index in [9.17, 15) is 14.4 Å². The Kier molecular flexibility index (Phi) is 20.8. The molecule has 45 heavy (non-hydrogen) atoms. The van der Waals surface area contributed by atoms with E-state index in [-0.39, 0.29) is 17.7 Å². The van der Waals surface area contributed by atoms with Crippen LogP contribution in [0.5, 0.6) is 0 Å². The summed E-state index contributed by atoms with van der Waals surface area (Å²) in [5.74, 6) is 2.99. The highest BCUT2D eigenvalue weighted by Gasteiger charge is 2.17. The molecule has 0 heterocycles. The molecule has 1 aromatic carbocycles. The zero-order chi connectivity index (χ0) is 33.8. The van der Waals surface area contributed by atoms with Crippen molar-refractivity contribution in [1.82, 2.24) is 16.0 Å². The summed E-state index contributed by atoms with van der Waals surface area (Å²) < 4.78 is 0. The Bertz CT molecular complexity index is 852. The molecule has 1 aromatic rings. The number of hydrogen-bond donors (Lipinski definition) is 3. The molecule has 6 nitrogen and oxygen atoms in total. The third kappa shape index (κ3) is 19.7. The van der Waals surface area contributed by atoms with Crippen LogP contribution < -0.4 is 16.0 Å². The predicted molar refractivity (Wildman–Crippen MR) is 191 cm³/mol. The molecule has 0 bridgehead atoms. The lowest BCUT2D eigenvalue weighted by Crippen LogP contribution is -2.30. The van der Waals surface area contributed by atoms with Gasteiger partial charge in [-0.2, -0.15) is 0 Å². The molecule has 0 fully saturated rings. The highest BCUT2D eigenvalue weighted by atomic mass is 16.2. The summed E-state index contributed by atoms with van der Waals surface area (Å²) in [7, 11) is 0. The van der Waals surface area contributed by atoms with E-state index in [0.29, 0.717) is 71.8 Å². The molecule has 1 rings (SSSR count). The van der Waals surface area contributed by atoms with Gasteiger partial charge in [0.1, 0.15) is 0 Å². The van der Waals surface area contributed by atoms with Gasteiger partial charge in [0, 0.05) is 36.3 Å². The Morgan fingerprint density at radius 1 is 0.422 bits per heavy atom. The molecule has 3 unspecified atom stereocenters. The van der Waals surface area contributed by atoms with Crippen molar-refractivity contribution in [1.29, 1.82) is 0 Å². The molecule has 0 aliphatic heterocycles. The van der Waals surface area contributed by atoms with E-state index in [2.05, 4.69) is 78.3 Å². The van der Waals surface area contributed by atoms with Gasteiger partial charge in [-0.1, -0.05) is 120 Å². The van der Waals surface area contributed by atoms with E-state index >= 15 is 0 Å². The standard InChI is InChI=1S/C39H69N3O3/c1-28(2)13-10-16-31(7)19-22-40-37(43)34-25-35(38(44)41-23-20-32(8)17-11-14-29(3)4)27-36(26-34)39(45)42-24-21-33(9)18-12-15-30(5)6/h25-33H,10-24H2,1-9H3,(H,40,43)(H,41,44)(H,42,45). The van der Waals surface area contributed by atoms with Crippen molar-refractivity contribution in [2.24, 2.45) is 35.5 Å². The molecule has 3 atom stereocenters. The SMILES string of the molecule is CC(C)CCCC(C)CCNC(=O)c1cc(C(=O)NCCC(C)CCCC(C)C)cc(C(=O)NCCC(C)CCCC(C)C)c1. The third-order valence-corrected chi connectivity index (χ3v) is 8.92. The van der Waals surface area contributed by atoms with Crippen LogP contribution in [-0.4, -0.2) is 37.4 Å². The quantitative estimate of drug-likeness (QED) is 0.107. The van der Waals surface area contributed by atoms with Crippen LogP contribution in [0.1, 0.15) is 170 Å². The van der Waals surface area contributed by atoms with Crippen LogP contribution >= 0.6 is 0 Å². The number of rotatable bonds is 24. The number of amides is 3. The number of hydrogen-bond acceptors (Lipinski definition) is 3. The van der Waals surface area contributed by atoms with Gasteiger partial charge in [-0.25, -0.2) is 0 Å². The molecule has 3 amide bonds. The molecule has 0 radical (unpaired) electrons. The first-order valence-electron chi connectivity index (χ1n) is 18.3. The smallest absolute Gasteiger partial charge is 0.251 e. The molecule has 0 aromatic heterocycles. The lowest BCUT2D eigenvalue weighted by molar-refractivity contribution is 0.0950. The summed E-state index contributed by atoms with van der Waals surface area (Å²) in [5, 5.41) is 9.09. The second kappa shape index (κ2) is 23.0. The molecular formula is C39H69N3O3. The molecule has 258 valence electrons. The van der Waals surface area contributed by atoms with Crippen LogP contribution in [0.2, 0.25) is 0 Å². The average molecular weight is 628 g/mol. The van der Waals surface area contributed by atoms with Crippen LogP contribution in [0.3, 0.4) is 0 Å². The van der Waals surface area contributed by atoms with Crippen molar-refractivity contribution < 1.29 is 14.4 Å². The summed E-state index contributed by atoms with van der Waals surface area (Å²) in [4.78, 5) is 39.6. The molecule has 0 saturated heterocycles. The second-order valence-electron chi connectivity index (χ2n) is 15.2. The third-order valence-electron chi connectivity index (χ3n) is 8.92. The first-order valence-corrected chi connectivity index (χ1v) is 18.3. The first kappa shape index (κ1) is 40.7. The lowest BCUT2D eigenvalue weighted by Gasteiger charge is -2.15. The lowest BCUT2D eigenvalue weighted by atomic mass is 9.97. The van der Waals surface area contributed by atoms with Gasteiger partial charge in [0.2, 0.25) is 0 Å². The topological polar surface area (TPSA) is 87.3 Å². The van der Waals surface area contributed by atoms with Gasteiger partial charge in [-0.3, -0.25) is 14.4 Å². The summed E-state index contributed by atoms with van der Waals surface area (Å²) in [6, 6.07) is 4.86. The van der Waals surface area contributed by atoms with Crippen LogP contribution in [-0.2, 0) is 0 Å². The highest BCUT2D eigenvalue weighted by Crippen LogP contribution is 2.18. The molecule has 3 N–H and O–H groups in total. The van der Waals surface area contributed by atoms with Crippen molar-refractivity contribution in [2.75, 3.05) is 19.6 Å². The number of nitrogens with one attached hydrogen (secondary N) is 3. The minimum Gasteiger partial charge on any atom is -0.352 e. The number of carbonyl (C=O) groups excluding carboxylic acids is 3. The normalized spacial score (nSPS) is 13.6. The average Bonchev–Trinajstić information content (AvgIpc) is 2.96. The van der Waals surface area contributed by atoms with Crippen molar-refractivity contribution in [2.45, 2.75) is 139 Å². The van der Waals surface area contributed by atoms with Gasteiger partial charge in [0.25, 0.3) is 17.7 Å². The predicted octanol–water partition coefficient (Wildman–Crippen LogP) is 9.43. The first-order chi connectivity index (χ1) is 21.3. The van der Waals surface area contributed by atoms with E-state index in [0.717, 1.165) is 38.5 Å². The fraction of sp³-hybridized carbons (Fsp3) is 0.769. The Morgan fingerprint density at radius 3 is 0.889 bits per heavy atom. The molecule has 0 spiro atoms. The summed E-state index contributed by atoms with van der Waals surface area (Å²) in [6.07, 6.45) is 13.5. The molecule has 0 aliphatic carbocycles. The maximum atomic E-state index is 13.2. The van der Waals surface area contributed by atoms with Gasteiger partial charge in [-0.15, -0.1) is 0 Å². The van der Waals surface area contributed by atoms with Crippen LogP contribution in [0.15, 0.2) is 18.2 Å². The fourth-order valence-corrected chi connectivity index (χ4v) is 5.68. The van der Waals surface area contributed by atoms with Crippen molar-refractivity contribution in [3.8, 4) is 0 Å². The summed E-state index contributed by atoms with van der Waals surface area (Å²) in [5.41, 5.74) is 1.05. The minimum absolute atomic E-state index is 0.245. The fourth-order valence-electron chi connectivity index (χ4n) is 5.68. The Labute approximate surface area is 277 Å². The van der Waals surface area contributed by atoms with Gasteiger partial charge < -0.3 is 16.0 Å². The van der Waals surface area contributed by atoms with Gasteiger partial charge >= 0.3 is 0 Å². The van der Waals surface area contributed by atoms with Crippen molar-refractivity contribution >= 4 is 17.7 Å². The number of carbonyl (C=O) groups is 3. The summed E-state index contributed by atoms with van der Waals surface area (Å²) >= 11 is 0. The monoisotopic (exact) mass is 628 g/mol. The number of benzene rings is 1. The Balaban J connectivity index is 2.85. The Morgan fingerprint density at radius 2 is 0.667 bits per heavy atom. The largest absolute Gasteiger partial charge is 0.352 e. The van der Waals surface area contributed by atoms with E-state index in [4.69, 9.17) is 0 Å². The van der Waals surface area contributed by atoms with E-state index in [1.165, 1.54) is 38.5 Å². The van der Waals surface area contributed by atoms with Crippen molar-refractivity contribution in [3.05, 3.63) is 34.9 Å². The second-order valence-corrected chi connectivity index (χ2v) is 15.2. The highest BCUT2D eigenvalue weighted by molar-refractivity contribution is 6.04. The maximum absolute atomic E-state index is 13.2. The maximum Gasteiger partial charge on any atom is 0.251 e. The van der Waals surface area contributed by atoms with E-state index < -0.39 is 0 Å². The zero-order valence-corrected chi connectivity index (χ0v) is 30.5. The van der Waals surface area contributed by atoms with E-state index in [1.807, 2.05) is 0 Å². The van der Waals surface area contributed by atoms with Crippen molar-refractivity contribution in [3.63, 3.8) is 0 Å². The molecule has 0 aliphatic rings. The minimum atomic E-state index is -0.245. The van der Waals surface area contributed by atoms with Crippen LogP contribution in [0.25, 0.3) is 0 Å². The van der Waals surface area contributed by atoms with Gasteiger partial charge in [0.15, 0.2) is 0 Å². The van der Waals surface area contributed by atoms with E-state index in [1.54, 1.807) is 18.2 Å². The molecular weight excluding hydrogens is 558 g/mol.